The van der Waals surface area contributed by atoms with E-state index in [9.17, 15) is 5.11 Å². The van der Waals surface area contributed by atoms with E-state index in [1.54, 1.807) is 7.11 Å². The molecule has 3 nitrogen and oxygen atoms in total. The Morgan fingerprint density at radius 3 is 2.35 bits per heavy atom. The van der Waals surface area contributed by atoms with Crippen LogP contribution in [0.15, 0.2) is 0 Å². The van der Waals surface area contributed by atoms with Gasteiger partial charge in [0, 0.05) is 26.2 Å². The number of hydrogen-bond donors (Lipinski definition) is 1. The fourth-order valence-corrected chi connectivity index (χ4v) is 2.04. The summed E-state index contributed by atoms with van der Waals surface area (Å²) in [5.74, 6) is 0.832. The smallest absolute Gasteiger partial charge is 0.0715 e. The molecule has 1 N–H and O–H groups in total. The van der Waals surface area contributed by atoms with Crippen LogP contribution in [0.25, 0.3) is 0 Å². The van der Waals surface area contributed by atoms with Crippen molar-refractivity contribution < 1.29 is 9.84 Å². The highest BCUT2D eigenvalue weighted by molar-refractivity contribution is 4.87. The van der Waals surface area contributed by atoms with Crippen LogP contribution >= 0.6 is 0 Å². The van der Waals surface area contributed by atoms with Crippen molar-refractivity contribution in [1.82, 2.24) is 4.90 Å². The zero-order valence-electron chi connectivity index (χ0n) is 12.1. The number of nitrogens with zero attached hydrogens (tertiary/aromatic N) is 1. The maximum absolute atomic E-state index is 10.2. The average Bonchev–Trinajstić information content (AvgIpc) is 3.05. The van der Waals surface area contributed by atoms with Crippen LogP contribution in [-0.2, 0) is 4.74 Å². The maximum atomic E-state index is 10.2. The molecule has 1 saturated carbocycles. The second-order valence-corrected chi connectivity index (χ2v) is 6.45. The van der Waals surface area contributed by atoms with Gasteiger partial charge in [0.25, 0.3) is 0 Å². The van der Waals surface area contributed by atoms with E-state index in [1.165, 1.54) is 12.8 Å². The number of hydrogen-bond acceptors (Lipinski definition) is 3. The van der Waals surface area contributed by atoms with Crippen LogP contribution in [-0.4, -0.2) is 49.0 Å². The minimum Gasteiger partial charge on any atom is -0.391 e. The first-order chi connectivity index (χ1) is 7.86. The van der Waals surface area contributed by atoms with Gasteiger partial charge in [-0.05, 0) is 31.1 Å². The molecule has 0 heterocycles. The number of rotatable bonds is 7. The highest BCUT2D eigenvalue weighted by Crippen LogP contribution is 2.35. The molecule has 1 aliphatic carbocycles. The van der Waals surface area contributed by atoms with Gasteiger partial charge in [0.1, 0.15) is 0 Å². The summed E-state index contributed by atoms with van der Waals surface area (Å²) in [6.07, 6.45) is 2.41. The summed E-state index contributed by atoms with van der Waals surface area (Å²) in [5.41, 5.74) is -0.0470. The molecular weight excluding hydrogens is 214 g/mol. The summed E-state index contributed by atoms with van der Waals surface area (Å²) in [5, 5.41) is 10.2. The van der Waals surface area contributed by atoms with Gasteiger partial charge in [0.05, 0.1) is 12.7 Å². The Hall–Kier alpha value is -0.120. The molecule has 0 bridgehead atoms. The molecule has 102 valence electrons. The summed E-state index contributed by atoms with van der Waals surface area (Å²) in [6, 6.07) is 0.571. The molecule has 0 amide bonds. The normalized spacial score (nSPS) is 20.6. The van der Waals surface area contributed by atoms with Gasteiger partial charge in [-0.2, -0.15) is 0 Å². The standard InChI is InChI=1S/C14H29NO2/c1-11(12-6-7-12)15(8-9-17-5)10-13(16)14(2,3)4/h11-13,16H,6-10H2,1-5H3. The SMILES string of the molecule is COCCN(CC(O)C(C)(C)C)C(C)C1CC1. The highest BCUT2D eigenvalue weighted by atomic mass is 16.5. The molecule has 2 atom stereocenters. The van der Waals surface area contributed by atoms with Gasteiger partial charge in [-0.3, -0.25) is 4.90 Å². The third kappa shape index (κ3) is 4.94. The van der Waals surface area contributed by atoms with Crippen LogP contribution in [0.2, 0.25) is 0 Å². The van der Waals surface area contributed by atoms with Crippen LogP contribution in [0.3, 0.4) is 0 Å². The summed E-state index contributed by atoms with van der Waals surface area (Å²) in [7, 11) is 1.74. The first-order valence-corrected chi connectivity index (χ1v) is 6.77. The van der Waals surface area contributed by atoms with Crippen LogP contribution in [0.1, 0.15) is 40.5 Å². The van der Waals surface area contributed by atoms with Crippen molar-refractivity contribution in [3.8, 4) is 0 Å². The number of methoxy groups -OCH3 is 1. The second kappa shape index (κ2) is 6.17. The van der Waals surface area contributed by atoms with Gasteiger partial charge in [-0.1, -0.05) is 20.8 Å². The van der Waals surface area contributed by atoms with E-state index in [1.807, 2.05) is 0 Å². The summed E-state index contributed by atoms with van der Waals surface area (Å²) in [4.78, 5) is 2.39. The first-order valence-electron chi connectivity index (χ1n) is 6.77. The first kappa shape index (κ1) is 14.9. The van der Waals surface area contributed by atoms with E-state index < -0.39 is 0 Å². The summed E-state index contributed by atoms with van der Waals surface area (Å²) in [6.45, 7) is 11.0. The molecule has 0 aromatic carbocycles. The predicted octanol–water partition coefficient (Wildman–Crippen LogP) is 2.14. The average molecular weight is 243 g/mol. The monoisotopic (exact) mass is 243 g/mol. The van der Waals surface area contributed by atoms with Gasteiger partial charge in [0.15, 0.2) is 0 Å². The molecule has 1 rings (SSSR count). The zero-order valence-corrected chi connectivity index (χ0v) is 12.1. The summed E-state index contributed by atoms with van der Waals surface area (Å²) < 4.78 is 5.17. The van der Waals surface area contributed by atoms with Crippen molar-refractivity contribution in [2.75, 3.05) is 26.8 Å². The predicted molar refractivity (Wildman–Crippen MR) is 71.1 cm³/mol. The van der Waals surface area contributed by atoms with Gasteiger partial charge in [-0.25, -0.2) is 0 Å². The van der Waals surface area contributed by atoms with Crippen molar-refractivity contribution >= 4 is 0 Å². The number of aliphatic hydroxyl groups excluding tert-OH is 1. The molecule has 1 fully saturated rings. The van der Waals surface area contributed by atoms with Crippen molar-refractivity contribution in [3.63, 3.8) is 0 Å². The lowest BCUT2D eigenvalue weighted by molar-refractivity contribution is 0.00687. The quantitative estimate of drug-likeness (QED) is 0.743. The minimum absolute atomic E-state index is 0.0470. The molecule has 0 aromatic rings. The molecule has 0 radical (unpaired) electrons. The maximum Gasteiger partial charge on any atom is 0.0715 e. The van der Waals surface area contributed by atoms with E-state index >= 15 is 0 Å². The van der Waals surface area contributed by atoms with Crippen molar-refractivity contribution in [1.29, 1.82) is 0 Å². The van der Waals surface area contributed by atoms with Crippen LogP contribution in [0.4, 0.5) is 0 Å². The van der Waals surface area contributed by atoms with E-state index in [2.05, 4.69) is 32.6 Å². The Morgan fingerprint density at radius 2 is 1.94 bits per heavy atom. The minimum atomic E-state index is -0.277. The molecule has 0 aromatic heterocycles. The van der Waals surface area contributed by atoms with Gasteiger partial charge in [-0.15, -0.1) is 0 Å². The van der Waals surface area contributed by atoms with E-state index in [0.717, 1.165) is 25.6 Å². The third-order valence-electron chi connectivity index (χ3n) is 3.87. The lowest BCUT2D eigenvalue weighted by Crippen LogP contribution is -2.45. The third-order valence-corrected chi connectivity index (χ3v) is 3.87. The molecule has 3 heteroatoms. The van der Waals surface area contributed by atoms with Crippen molar-refractivity contribution in [3.05, 3.63) is 0 Å². The van der Waals surface area contributed by atoms with Crippen molar-refractivity contribution in [2.24, 2.45) is 11.3 Å². The Labute approximate surface area is 106 Å². The highest BCUT2D eigenvalue weighted by Gasteiger charge is 2.34. The number of ether oxygens (including phenoxy) is 1. The molecule has 0 aliphatic heterocycles. The zero-order chi connectivity index (χ0) is 13.1. The molecule has 2 unspecified atom stereocenters. The Morgan fingerprint density at radius 1 is 1.35 bits per heavy atom. The summed E-state index contributed by atoms with van der Waals surface area (Å²) >= 11 is 0. The van der Waals surface area contributed by atoms with Crippen LogP contribution in [0, 0.1) is 11.3 Å². The van der Waals surface area contributed by atoms with E-state index in [-0.39, 0.29) is 11.5 Å². The fourth-order valence-electron chi connectivity index (χ4n) is 2.04. The van der Waals surface area contributed by atoms with Gasteiger partial charge < -0.3 is 9.84 Å². The Bertz CT molecular complexity index is 221. The molecular formula is C14H29NO2. The molecule has 0 saturated heterocycles. The second-order valence-electron chi connectivity index (χ2n) is 6.45. The topological polar surface area (TPSA) is 32.7 Å². The molecule has 0 spiro atoms. The van der Waals surface area contributed by atoms with E-state index in [4.69, 9.17) is 4.74 Å². The fraction of sp³-hybridized carbons (Fsp3) is 1.00. The number of aliphatic hydroxyl groups is 1. The van der Waals surface area contributed by atoms with Gasteiger partial charge in [0.2, 0.25) is 0 Å². The van der Waals surface area contributed by atoms with E-state index in [0.29, 0.717) is 6.04 Å². The Balaban J connectivity index is 2.50. The largest absolute Gasteiger partial charge is 0.391 e. The lowest BCUT2D eigenvalue weighted by Gasteiger charge is -2.35. The van der Waals surface area contributed by atoms with Crippen LogP contribution in [0.5, 0.6) is 0 Å². The molecule has 1 aliphatic rings. The Kier molecular flexibility index (Phi) is 5.42. The van der Waals surface area contributed by atoms with Gasteiger partial charge >= 0.3 is 0 Å². The molecule has 17 heavy (non-hydrogen) atoms. The van der Waals surface area contributed by atoms with Crippen LogP contribution < -0.4 is 0 Å². The van der Waals surface area contributed by atoms with Crippen molar-refractivity contribution in [2.45, 2.75) is 52.7 Å². The lowest BCUT2D eigenvalue weighted by atomic mass is 9.88.